The van der Waals surface area contributed by atoms with Crippen LogP contribution >= 0.6 is 0 Å². The molecule has 1 atom stereocenters. The number of para-hydroxylation sites is 2. The molecule has 1 unspecified atom stereocenters. The van der Waals surface area contributed by atoms with Crippen LogP contribution in [-0.2, 0) is 22.1 Å². The Kier molecular flexibility index (Phi) is 5.73. The summed E-state index contributed by atoms with van der Waals surface area (Å²) in [7, 11) is 0. The topological polar surface area (TPSA) is 21.9 Å². The van der Waals surface area contributed by atoms with E-state index in [2.05, 4.69) is 153 Å². The Morgan fingerprint density at radius 1 is 0.567 bits per heavy atom. The molecular weight excluding hydrogens is 731 g/mol. The van der Waals surface area contributed by atoms with Crippen LogP contribution in [0.5, 0.6) is 5.75 Å². The van der Waals surface area contributed by atoms with E-state index in [0.717, 1.165) is 89.6 Å². The molecule has 0 N–H and O–H groups in total. The van der Waals surface area contributed by atoms with Gasteiger partial charge in [0.05, 0.1) is 5.56 Å². The van der Waals surface area contributed by atoms with E-state index in [9.17, 15) is 0 Å². The van der Waals surface area contributed by atoms with Gasteiger partial charge in [0.1, 0.15) is 22.6 Å². The summed E-state index contributed by atoms with van der Waals surface area (Å²) in [6.45, 7) is 5.40. The first-order valence-electron chi connectivity index (χ1n) is 25.3. The van der Waals surface area contributed by atoms with Crippen molar-refractivity contribution in [3.63, 3.8) is 0 Å². The van der Waals surface area contributed by atoms with Crippen LogP contribution in [-0.4, -0.2) is 4.57 Å². The predicted molar refractivity (Wildman–Crippen MR) is 245 cm³/mol. The molecule has 3 aliphatic heterocycles. The number of ether oxygens (including phenoxy) is 1. The second kappa shape index (κ2) is 12.2. The molecule has 0 aliphatic carbocycles. The number of aromatic nitrogens is 3. The third-order valence-electron chi connectivity index (χ3n) is 12.9. The van der Waals surface area contributed by atoms with Crippen molar-refractivity contribution in [3.8, 4) is 67.5 Å². The van der Waals surface area contributed by atoms with Crippen LogP contribution in [0.3, 0.4) is 0 Å². The van der Waals surface area contributed by atoms with Gasteiger partial charge in [-0.05, 0) is 105 Å². The van der Waals surface area contributed by atoms with Crippen LogP contribution in [0.1, 0.15) is 102 Å². The molecule has 296 valence electrons. The molecule has 5 heterocycles. The number of hydrogen-bond acceptors (Lipinski definition) is 1. The van der Waals surface area contributed by atoms with Gasteiger partial charge in [-0.1, -0.05) is 140 Å². The fraction of sp³-hybridized carbons (Fsp3) is 0.250. The smallest absolute Gasteiger partial charge is 0.392 e. The second-order valence-corrected chi connectivity index (χ2v) is 18.9. The summed E-state index contributed by atoms with van der Waals surface area (Å²) in [5.74, 6) is 0.470. The van der Waals surface area contributed by atoms with Crippen LogP contribution in [0.2, 0.25) is 0 Å². The SMILES string of the molecule is [2H]C([2H])([2H])C(c1ccc(-c2cc[n+]3c(c2)-c2cc(C(C)(C)C)cc4c2C32Oc3ccccc3-c3n(-c5ccc(C)cc5-c5ccc(C(C)(C)C)cc5)c5cccc-4c5[n+]32)cc1)(C([2H])([2H])[2H])C([2H])([2H])[2H]. The van der Waals surface area contributed by atoms with E-state index in [-0.39, 0.29) is 16.4 Å². The minimum absolute atomic E-state index is 0.00243. The minimum atomic E-state index is -3.36. The standard InChI is InChI=1S/C56H53N3O/c1-34-18-27-46(43(30-34)36-21-25-39(26-22-36)54(5,6)7)58-47-16-13-15-41-44-32-40(55(8,9)10)33-45-48-31-37(35-19-23-38(24-20-35)53(2,3)4)28-29-57(48)56(50(44)45)59(51(41)47)52(58)42-14-11-12-17-49(42)60-56/h11-33H,1-10H3/q+2/i2D3,3D3,4D3. The van der Waals surface area contributed by atoms with Crippen LogP contribution in [0, 0.1) is 6.92 Å². The van der Waals surface area contributed by atoms with Gasteiger partial charge < -0.3 is 4.74 Å². The Balaban J connectivity index is 1.19. The molecule has 4 nitrogen and oxygen atoms in total. The summed E-state index contributed by atoms with van der Waals surface area (Å²) >= 11 is 0. The van der Waals surface area contributed by atoms with E-state index in [1.54, 1.807) is 12.1 Å². The maximum Gasteiger partial charge on any atom is 0.499 e. The third-order valence-corrected chi connectivity index (χ3v) is 12.9. The zero-order valence-electron chi connectivity index (χ0n) is 44.0. The summed E-state index contributed by atoms with van der Waals surface area (Å²) in [4.78, 5) is 0. The molecule has 4 heteroatoms. The van der Waals surface area contributed by atoms with E-state index in [1.165, 1.54) is 17.7 Å². The van der Waals surface area contributed by atoms with E-state index in [0.29, 0.717) is 5.56 Å². The predicted octanol–water partition coefficient (Wildman–Crippen LogP) is 13.0. The Labute approximate surface area is 367 Å². The van der Waals surface area contributed by atoms with Gasteiger partial charge in [0, 0.05) is 41.2 Å². The summed E-state index contributed by atoms with van der Waals surface area (Å²) in [6, 6.07) is 45.1. The second-order valence-electron chi connectivity index (χ2n) is 18.9. The highest BCUT2D eigenvalue weighted by molar-refractivity contribution is 5.98. The summed E-state index contributed by atoms with van der Waals surface area (Å²) in [6.07, 6.45) is 2.03. The van der Waals surface area contributed by atoms with Gasteiger partial charge in [-0.2, -0.15) is 4.57 Å². The van der Waals surface area contributed by atoms with Gasteiger partial charge in [-0.15, -0.1) is 9.13 Å². The average molecular weight is 793 g/mol. The van der Waals surface area contributed by atoms with Crippen molar-refractivity contribution in [3.05, 3.63) is 167 Å². The zero-order valence-corrected chi connectivity index (χ0v) is 35.0. The van der Waals surface area contributed by atoms with E-state index < -0.39 is 31.8 Å². The van der Waals surface area contributed by atoms with Crippen molar-refractivity contribution in [1.82, 2.24) is 4.57 Å². The Hall–Kier alpha value is -6.26. The van der Waals surface area contributed by atoms with Crippen LogP contribution in [0.25, 0.3) is 72.7 Å². The first-order chi connectivity index (χ1) is 32.3. The highest BCUT2D eigenvalue weighted by Crippen LogP contribution is 2.54. The summed E-state index contributed by atoms with van der Waals surface area (Å²) in [5.41, 5.74) is 12.6. The number of rotatable bonds is 3. The molecule has 3 aliphatic rings. The fourth-order valence-electron chi connectivity index (χ4n) is 9.77. The molecule has 8 aromatic rings. The first kappa shape index (κ1) is 28.3. The lowest BCUT2D eigenvalue weighted by molar-refractivity contribution is -0.997. The maximum atomic E-state index is 8.30. The van der Waals surface area contributed by atoms with Crippen molar-refractivity contribution in [2.24, 2.45) is 0 Å². The molecule has 60 heavy (non-hydrogen) atoms. The third kappa shape index (κ3) is 5.09. The quantitative estimate of drug-likeness (QED) is 0.163. The van der Waals surface area contributed by atoms with Gasteiger partial charge in [0.2, 0.25) is 5.69 Å². The normalized spacial score (nSPS) is 18.9. The highest BCUT2D eigenvalue weighted by atomic mass is 16.5. The molecule has 0 fully saturated rings. The van der Waals surface area contributed by atoms with Gasteiger partial charge >= 0.3 is 11.7 Å². The van der Waals surface area contributed by atoms with Crippen molar-refractivity contribution in [2.45, 2.75) is 91.1 Å². The van der Waals surface area contributed by atoms with Crippen molar-refractivity contribution in [1.29, 1.82) is 0 Å². The molecular formula is C56H53N3O+2. The van der Waals surface area contributed by atoms with E-state index in [4.69, 9.17) is 17.1 Å². The van der Waals surface area contributed by atoms with Crippen molar-refractivity contribution < 1.29 is 26.2 Å². The average Bonchev–Trinajstić information content (AvgIpc) is 3.76. The van der Waals surface area contributed by atoms with Gasteiger partial charge in [-0.3, -0.25) is 0 Å². The molecule has 1 spiro atoms. The largest absolute Gasteiger partial charge is 0.499 e. The first-order valence-corrected chi connectivity index (χ1v) is 20.8. The maximum absolute atomic E-state index is 8.30. The van der Waals surface area contributed by atoms with Gasteiger partial charge in [-0.25, -0.2) is 0 Å². The van der Waals surface area contributed by atoms with Crippen LogP contribution < -0.4 is 13.9 Å². The monoisotopic (exact) mass is 792 g/mol. The Bertz CT molecular complexity index is 3420. The lowest BCUT2D eigenvalue weighted by atomic mass is 9.80. The summed E-state index contributed by atoms with van der Waals surface area (Å²) < 4.78 is 89.3. The Morgan fingerprint density at radius 3 is 1.95 bits per heavy atom. The molecule has 0 saturated carbocycles. The fourth-order valence-corrected chi connectivity index (χ4v) is 9.77. The Morgan fingerprint density at radius 2 is 1.23 bits per heavy atom. The molecule has 0 amide bonds. The number of nitrogens with zero attached hydrogens (tertiary/aromatic N) is 3. The molecule has 0 radical (unpaired) electrons. The zero-order chi connectivity index (χ0) is 49.2. The van der Waals surface area contributed by atoms with Crippen molar-refractivity contribution in [2.75, 3.05) is 0 Å². The van der Waals surface area contributed by atoms with Crippen LogP contribution in [0.15, 0.2) is 140 Å². The van der Waals surface area contributed by atoms with Crippen molar-refractivity contribution >= 4 is 11.0 Å². The molecule has 2 aromatic heterocycles. The number of pyridine rings is 1. The van der Waals surface area contributed by atoms with Crippen LogP contribution in [0.4, 0.5) is 0 Å². The minimum Gasteiger partial charge on any atom is -0.392 e. The number of fused-ring (bicyclic) bond motifs is 5. The molecule has 6 aromatic carbocycles. The number of aryl methyl sites for hydroxylation is 1. The molecule has 0 bridgehead atoms. The summed E-state index contributed by atoms with van der Waals surface area (Å²) in [5, 5.41) is 0. The lowest BCUT2D eigenvalue weighted by Gasteiger charge is -2.32. The highest BCUT2D eigenvalue weighted by Gasteiger charge is 2.68. The van der Waals surface area contributed by atoms with Gasteiger partial charge in [0.25, 0.3) is 0 Å². The number of benzene rings is 6. The number of imidazole rings is 1. The number of hydrogen-bond donors (Lipinski definition) is 0. The van der Waals surface area contributed by atoms with Gasteiger partial charge in [0.15, 0.2) is 17.2 Å². The van der Waals surface area contributed by atoms with E-state index in [1.807, 2.05) is 24.4 Å². The molecule has 0 saturated heterocycles. The van der Waals surface area contributed by atoms with E-state index >= 15 is 0 Å². The molecule has 11 rings (SSSR count). The lowest BCUT2D eigenvalue weighted by Crippen LogP contribution is -2.78.